The first-order chi connectivity index (χ1) is 18.8. The van der Waals surface area contributed by atoms with E-state index in [4.69, 9.17) is 21.1 Å². The van der Waals surface area contributed by atoms with Gasteiger partial charge >= 0.3 is 11.2 Å². The maximum Gasteiger partial charge on any atom is 0.394 e. The van der Waals surface area contributed by atoms with Gasteiger partial charge in [0.1, 0.15) is 5.60 Å². The van der Waals surface area contributed by atoms with Crippen molar-refractivity contribution in [2.45, 2.75) is 28.1 Å². The molecule has 0 unspecified atom stereocenters. The molecule has 9 nitrogen and oxygen atoms in total. The minimum atomic E-state index is -1.16. The third kappa shape index (κ3) is 4.96. The van der Waals surface area contributed by atoms with Gasteiger partial charge in [-0.15, -0.1) is 11.6 Å². The predicted molar refractivity (Wildman–Crippen MR) is 149 cm³/mol. The van der Waals surface area contributed by atoms with Gasteiger partial charge in [0.05, 0.1) is 22.9 Å². The lowest BCUT2D eigenvalue weighted by molar-refractivity contribution is -0.549. The summed E-state index contributed by atoms with van der Waals surface area (Å²) in [5, 5.41) is 9.42. The summed E-state index contributed by atoms with van der Waals surface area (Å²) in [6.45, 7) is 0.0535. The van der Waals surface area contributed by atoms with E-state index in [2.05, 4.69) is 15.9 Å². The molecule has 0 N–H and O–H groups in total. The number of aromatic nitrogens is 2. The Hall–Kier alpha value is -3.57. The highest BCUT2D eigenvalue weighted by atomic mass is 79.9. The van der Waals surface area contributed by atoms with E-state index < -0.39 is 44.4 Å². The molecule has 0 radical (unpaired) electrons. The van der Waals surface area contributed by atoms with Crippen molar-refractivity contribution in [3.05, 3.63) is 151 Å². The molecular formula is C28H23BrClN3O6. The van der Waals surface area contributed by atoms with E-state index in [1.807, 2.05) is 91.0 Å². The first-order valence-corrected chi connectivity index (χ1v) is 13.4. The van der Waals surface area contributed by atoms with Crippen LogP contribution in [-0.4, -0.2) is 37.2 Å². The predicted octanol–water partition coefficient (Wildman–Crippen LogP) is 4.33. The van der Waals surface area contributed by atoms with E-state index in [1.54, 1.807) is 0 Å². The summed E-state index contributed by atoms with van der Waals surface area (Å²) in [6.07, 6.45) is -0.574. The average molecular weight is 613 g/mol. The first kappa shape index (κ1) is 27.0. The summed E-state index contributed by atoms with van der Waals surface area (Å²) in [5.41, 5.74) is -0.509. The van der Waals surface area contributed by atoms with Gasteiger partial charge in [0.15, 0.2) is 11.3 Å². The highest BCUT2D eigenvalue weighted by Gasteiger charge is 2.46. The Morgan fingerprint density at radius 1 is 0.897 bits per heavy atom. The van der Waals surface area contributed by atoms with Crippen molar-refractivity contribution < 1.29 is 14.5 Å². The number of halogens is 2. The number of hydrogen-bond donors (Lipinski definition) is 0. The molecule has 1 aliphatic heterocycles. The zero-order chi connectivity index (χ0) is 27.6. The molecule has 4 aromatic rings. The number of hydrogen-bond acceptors (Lipinski definition) is 6. The number of ether oxygens (including phenoxy) is 2. The second kappa shape index (κ2) is 11.3. The van der Waals surface area contributed by atoms with E-state index in [9.17, 15) is 19.7 Å². The minimum Gasteiger partial charge on any atom is -0.358 e. The van der Waals surface area contributed by atoms with Crippen molar-refractivity contribution in [2.24, 2.45) is 0 Å². The van der Waals surface area contributed by atoms with Gasteiger partial charge < -0.3 is 9.47 Å². The van der Waals surface area contributed by atoms with Gasteiger partial charge in [0.2, 0.25) is 0 Å². The second-order valence-electron chi connectivity index (χ2n) is 8.94. The molecule has 0 bridgehead atoms. The maximum atomic E-state index is 12.7. The molecule has 11 heteroatoms. The van der Waals surface area contributed by atoms with Crippen molar-refractivity contribution in [3.63, 3.8) is 0 Å². The quantitative estimate of drug-likeness (QED) is 0.127. The van der Waals surface area contributed by atoms with Gasteiger partial charge in [0, 0.05) is 16.9 Å². The van der Waals surface area contributed by atoms with Crippen LogP contribution in [0.2, 0.25) is 0 Å². The molecule has 1 saturated heterocycles. The Kier molecular flexibility index (Phi) is 7.81. The van der Waals surface area contributed by atoms with Crippen LogP contribution in [0.4, 0.5) is 0 Å². The van der Waals surface area contributed by atoms with Crippen LogP contribution in [0.15, 0.2) is 113 Å². The third-order valence-corrected chi connectivity index (χ3v) is 8.63. The number of nitro groups is 1. The molecule has 200 valence electrons. The van der Waals surface area contributed by atoms with Crippen LogP contribution in [0.25, 0.3) is 0 Å². The van der Waals surface area contributed by atoms with Crippen molar-refractivity contribution in [1.82, 2.24) is 9.24 Å². The largest absolute Gasteiger partial charge is 0.394 e. The summed E-state index contributed by atoms with van der Waals surface area (Å²) in [5.74, 6) is 0. The third-order valence-electron chi connectivity index (χ3n) is 6.68. The molecule has 2 heterocycles. The first-order valence-electron chi connectivity index (χ1n) is 12.1. The van der Waals surface area contributed by atoms with Crippen molar-refractivity contribution >= 4 is 27.5 Å². The fraction of sp³-hybridized carbons (Fsp3) is 0.214. The Balaban J connectivity index is 1.53. The lowest BCUT2D eigenvalue weighted by Crippen LogP contribution is -2.45. The zero-order valence-corrected chi connectivity index (χ0v) is 22.7. The van der Waals surface area contributed by atoms with E-state index in [-0.39, 0.29) is 11.3 Å². The molecule has 4 atom stereocenters. The molecule has 3 aromatic carbocycles. The molecule has 0 spiro atoms. The molecule has 0 amide bonds. The standard InChI is InChI=1S/C28H23BrClN3O6/c29-24-22(39-26(25(24)30)31-17-16-23(34)32(27(31)35)33(36)37)18-38-28(19-10-4-1-5-11-19,20-12-6-2-7-13-20)21-14-8-3-9-15-21/h1-17,22,24-26H,18H2/t22-,24+,25+,26-/m1/s1. The molecule has 0 aliphatic carbocycles. The molecular weight excluding hydrogens is 590 g/mol. The van der Waals surface area contributed by atoms with Gasteiger partial charge in [-0.25, -0.2) is 14.9 Å². The molecule has 1 aliphatic rings. The van der Waals surface area contributed by atoms with E-state index in [0.717, 1.165) is 33.5 Å². The molecule has 5 rings (SSSR count). The van der Waals surface area contributed by atoms with Crippen LogP contribution in [0.1, 0.15) is 22.9 Å². The number of alkyl halides is 2. The van der Waals surface area contributed by atoms with Crippen LogP contribution in [0.3, 0.4) is 0 Å². The molecule has 1 aromatic heterocycles. The zero-order valence-electron chi connectivity index (χ0n) is 20.4. The SMILES string of the molecule is O=c1ccn([C@@H]2O[C@H](COC(c3ccccc3)(c3ccccc3)c3ccccc3)[C@H](Br)[C@@H]2Cl)c(=O)n1[N+](=O)[O-]. The Morgan fingerprint density at radius 2 is 1.38 bits per heavy atom. The average Bonchev–Trinajstić information content (AvgIpc) is 3.24. The lowest BCUT2D eigenvalue weighted by atomic mass is 9.80. The summed E-state index contributed by atoms with van der Waals surface area (Å²) >= 11 is 10.2. The van der Waals surface area contributed by atoms with Crippen LogP contribution >= 0.6 is 27.5 Å². The van der Waals surface area contributed by atoms with E-state index in [1.165, 1.54) is 0 Å². The van der Waals surface area contributed by atoms with Gasteiger partial charge in [0.25, 0.3) is 0 Å². The lowest BCUT2D eigenvalue weighted by Gasteiger charge is -2.37. The Morgan fingerprint density at radius 3 is 1.85 bits per heavy atom. The van der Waals surface area contributed by atoms with Crippen molar-refractivity contribution in [3.8, 4) is 0 Å². The highest BCUT2D eigenvalue weighted by molar-refractivity contribution is 9.09. The summed E-state index contributed by atoms with van der Waals surface area (Å²) in [4.78, 5) is 35.4. The van der Waals surface area contributed by atoms with E-state index in [0.29, 0.717) is 0 Å². The number of rotatable bonds is 8. The number of nitrogens with zero attached hydrogens (tertiary/aromatic N) is 3. The van der Waals surface area contributed by atoms with Crippen LogP contribution < -0.4 is 11.2 Å². The summed E-state index contributed by atoms with van der Waals surface area (Å²) < 4.78 is 13.8. The van der Waals surface area contributed by atoms with E-state index >= 15 is 0 Å². The summed E-state index contributed by atoms with van der Waals surface area (Å²) in [7, 11) is 0. The minimum absolute atomic E-state index is 0.0535. The van der Waals surface area contributed by atoms with Crippen molar-refractivity contribution in [1.29, 1.82) is 0 Å². The number of benzene rings is 3. The fourth-order valence-corrected chi connectivity index (χ4v) is 5.72. The van der Waals surface area contributed by atoms with Crippen LogP contribution in [0, 0.1) is 10.1 Å². The van der Waals surface area contributed by atoms with Gasteiger partial charge in [-0.1, -0.05) is 107 Å². The van der Waals surface area contributed by atoms with Crippen LogP contribution in [0.5, 0.6) is 0 Å². The normalized spacial score (nSPS) is 21.1. The second-order valence-corrected chi connectivity index (χ2v) is 10.5. The topological polar surface area (TPSA) is 106 Å². The molecule has 0 saturated carbocycles. The Bertz CT molecular complexity index is 1470. The Labute approximate surface area is 236 Å². The van der Waals surface area contributed by atoms with Gasteiger partial charge in [-0.05, 0) is 16.7 Å². The fourth-order valence-electron chi connectivity index (χ4n) is 4.84. The maximum absolute atomic E-state index is 12.7. The highest BCUT2D eigenvalue weighted by Crippen LogP contribution is 2.43. The van der Waals surface area contributed by atoms with Crippen molar-refractivity contribution in [2.75, 3.05) is 6.61 Å². The van der Waals surface area contributed by atoms with Gasteiger partial charge in [-0.3, -0.25) is 9.36 Å². The van der Waals surface area contributed by atoms with Crippen LogP contribution in [-0.2, 0) is 15.1 Å². The molecule has 39 heavy (non-hydrogen) atoms. The van der Waals surface area contributed by atoms with Gasteiger partial charge in [-0.2, -0.15) is 0 Å². The smallest absolute Gasteiger partial charge is 0.358 e. The summed E-state index contributed by atoms with van der Waals surface area (Å²) in [6, 6.07) is 30.4. The molecule has 1 fully saturated rings. The monoisotopic (exact) mass is 611 g/mol.